The molecule has 2 saturated carbocycles. The smallest absolute Gasteiger partial charge is 0.238 e. The third-order valence-electron chi connectivity index (χ3n) is 7.76. The van der Waals surface area contributed by atoms with E-state index in [-0.39, 0.29) is 4.90 Å². The number of nitrogens with two attached hydrogens (primary N) is 1. The number of thiophene rings is 1. The lowest BCUT2D eigenvalue weighted by Gasteiger charge is -2.08. The van der Waals surface area contributed by atoms with Gasteiger partial charge in [0.05, 0.1) is 4.90 Å². The van der Waals surface area contributed by atoms with Crippen LogP contribution >= 0.6 is 27.3 Å². The van der Waals surface area contributed by atoms with Crippen LogP contribution in [-0.2, 0) is 10.0 Å². The number of allylic oxidation sites excluding steroid dienone is 3. The summed E-state index contributed by atoms with van der Waals surface area (Å²) in [5.74, 6) is 0.521. The standard InChI is InChI=1S/C15H15NO2S.C12H14S.C8H10BrN.C2H6/c1-11(2)12-7-9-13(10-8-12)14-5-3-4-6-15(14)19(16,17)18;1-8-3-6-13-11(8)9(2)10-7-12(10)4-5-12;1-6(2)8-4-3-7(9)5-10-8;1-2/h3-10H,1H2,2H3,(H2,16,17,18);3,6H,4-5,7H2,1-2H3;3-6H,1-2H3;1-2H3/b;10-9-;;. The first kappa shape index (κ1) is 35.6. The van der Waals surface area contributed by atoms with Gasteiger partial charge in [-0.15, -0.1) is 11.3 Å². The summed E-state index contributed by atoms with van der Waals surface area (Å²) in [7, 11) is -3.73. The second kappa shape index (κ2) is 15.4. The van der Waals surface area contributed by atoms with Gasteiger partial charge in [0.15, 0.2) is 0 Å². The van der Waals surface area contributed by atoms with Gasteiger partial charge < -0.3 is 0 Å². The Morgan fingerprint density at radius 1 is 1.00 bits per heavy atom. The van der Waals surface area contributed by atoms with Crippen LogP contribution < -0.4 is 5.14 Å². The van der Waals surface area contributed by atoms with E-state index in [2.05, 4.69) is 66.6 Å². The van der Waals surface area contributed by atoms with E-state index in [9.17, 15) is 8.42 Å². The first-order valence-electron chi connectivity index (χ1n) is 15.1. The Morgan fingerprint density at radius 2 is 1.64 bits per heavy atom. The van der Waals surface area contributed by atoms with E-state index in [0.717, 1.165) is 32.3 Å². The van der Waals surface area contributed by atoms with E-state index in [0.29, 0.717) is 11.5 Å². The van der Waals surface area contributed by atoms with Gasteiger partial charge in [0.1, 0.15) is 0 Å². The largest absolute Gasteiger partial charge is 0.260 e. The van der Waals surface area contributed by atoms with Crippen LogP contribution in [0.25, 0.3) is 22.3 Å². The number of sulfonamides is 1. The molecule has 234 valence electrons. The van der Waals surface area contributed by atoms with E-state index in [1.165, 1.54) is 35.8 Å². The molecule has 2 fully saturated rings. The fraction of sp³-hybridized carbons (Fsp3) is 0.324. The van der Waals surface area contributed by atoms with Crippen LogP contribution in [0.15, 0.2) is 99.8 Å². The van der Waals surface area contributed by atoms with Crippen LogP contribution in [0.4, 0.5) is 0 Å². The van der Waals surface area contributed by atoms with Gasteiger partial charge in [0.25, 0.3) is 0 Å². The Morgan fingerprint density at radius 3 is 2.09 bits per heavy atom. The van der Waals surface area contributed by atoms with Crippen molar-refractivity contribution in [3.63, 3.8) is 0 Å². The normalized spacial score (nSPS) is 15.1. The lowest BCUT2D eigenvalue weighted by molar-refractivity contribution is 0.598. The minimum Gasteiger partial charge on any atom is -0.260 e. The molecular formula is C37H45BrN2O2S2. The molecule has 2 aliphatic carbocycles. The minimum atomic E-state index is -3.73. The Kier molecular flexibility index (Phi) is 12.5. The van der Waals surface area contributed by atoms with Crippen molar-refractivity contribution in [2.45, 2.75) is 78.5 Å². The molecule has 0 saturated heterocycles. The lowest BCUT2D eigenvalue weighted by Crippen LogP contribution is -2.13. The number of benzene rings is 2. The molecule has 4 nitrogen and oxygen atoms in total. The summed E-state index contributed by atoms with van der Waals surface area (Å²) >= 11 is 5.23. The van der Waals surface area contributed by atoms with Gasteiger partial charge in [0, 0.05) is 26.8 Å². The minimum absolute atomic E-state index is 0.137. The number of aryl methyl sites for hydroxylation is 1. The fourth-order valence-electron chi connectivity index (χ4n) is 4.96. The van der Waals surface area contributed by atoms with Crippen LogP contribution in [0.5, 0.6) is 0 Å². The number of rotatable bonds is 5. The highest BCUT2D eigenvalue weighted by Crippen LogP contribution is 2.72. The summed E-state index contributed by atoms with van der Waals surface area (Å²) in [6.45, 7) is 18.6. The molecule has 0 unspecified atom stereocenters. The van der Waals surface area contributed by atoms with E-state index in [4.69, 9.17) is 5.14 Å². The molecule has 44 heavy (non-hydrogen) atoms. The van der Waals surface area contributed by atoms with E-state index in [1.807, 2.05) is 74.7 Å². The van der Waals surface area contributed by atoms with Crippen molar-refractivity contribution in [1.29, 1.82) is 0 Å². The van der Waals surface area contributed by atoms with Crippen LogP contribution in [0, 0.1) is 12.3 Å². The number of pyridine rings is 1. The van der Waals surface area contributed by atoms with E-state index in [1.54, 1.807) is 29.3 Å². The summed E-state index contributed by atoms with van der Waals surface area (Å²) in [5.41, 5.74) is 10.1. The Labute approximate surface area is 277 Å². The maximum Gasteiger partial charge on any atom is 0.238 e. The third-order valence-corrected chi connectivity index (χ3v) is 10.3. The van der Waals surface area contributed by atoms with Crippen molar-refractivity contribution < 1.29 is 8.42 Å². The molecule has 2 N–H and O–H groups in total. The molecule has 7 heteroatoms. The molecule has 2 heterocycles. The highest BCUT2D eigenvalue weighted by atomic mass is 79.9. The summed E-state index contributed by atoms with van der Waals surface area (Å²) in [6, 6.07) is 20.6. The van der Waals surface area contributed by atoms with Crippen molar-refractivity contribution in [3.05, 3.63) is 117 Å². The average Bonchev–Trinajstić information content (AvgIpc) is 3.91. The summed E-state index contributed by atoms with van der Waals surface area (Å²) in [4.78, 5) is 5.89. The monoisotopic (exact) mass is 692 g/mol. The molecule has 4 aromatic rings. The number of nitrogens with zero attached hydrogens (tertiary/aromatic N) is 1. The van der Waals surface area contributed by atoms with E-state index < -0.39 is 10.0 Å². The zero-order valence-corrected chi connectivity index (χ0v) is 30.2. The van der Waals surface area contributed by atoms with Gasteiger partial charge in [-0.25, -0.2) is 13.6 Å². The molecular weight excluding hydrogens is 648 g/mol. The van der Waals surface area contributed by atoms with Crippen molar-refractivity contribution in [1.82, 2.24) is 4.98 Å². The number of hydrogen-bond donors (Lipinski definition) is 1. The molecule has 2 aromatic heterocycles. The Bertz CT molecular complexity index is 1700. The predicted octanol–water partition coefficient (Wildman–Crippen LogP) is 11.0. The van der Waals surface area contributed by atoms with Crippen molar-refractivity contribution in [3.8, 4) is 11.1 Å². The zero-order valence-electron chi connectivity index (χ0n) is 26.9. The van der Waals surface area contributed by atoms with Crippen LogP contribution in [0.2, 0.25) is 0 Å². The summed E-state index contributed by atoms with van der Waals surface area (Å²) in [6.07, 6.45) is 6.15. The fourth-order valence-corrected chi connectivity index (χ4v) is 6.92. The van der Waals surface area contributed by atoms with Crippen molar-refractivity contribution in [2.24, 2.45) is 10.6 Å². The van der Waals surface area contributed by atoms with Gasteiger partial charge in [0.2, 0.25) is 10.0 Å². The first-order valence-corrected chi connectivity index (χ1v) is 18.3. The van der Waals surface area contributed by atoms with Crippen LogP contribution in [0.1, 0.15) is 88.4 Å². The number of primary sulfonamides is 1. The van der Waals surface area contributed by atoms with Crippen LogP contribution in [0.3, 0.4) is 0 Å². The van der Waals surface area contributed by atoms with Gasteiger partial charge >= 0.3 is 0 Å². The molecule has 1 spiro atoms. The molecule has 0 atom stereocenters. The maximum atomic E-state index is 11.6. The molecule has 6 rings (SSSR count). The summed E-state index contributed by atoms with van der Waals surface area (Å²) in [5, 5.41) is 7.44. The highest BCUT2D eigenvalue weighted by molar-refractivity contribution is 9.10. The summed E-state index contributed by atoms with van der Waals surface area (Å²) < 4.78 is 24.2. The van der Waals surface area contributed by atoms with Gasteiger partial charge in [-0.3, -0.25) is 4.98 Å². The number of halogens is 1. The second-order valence-corrected chi connectivity index (χ2v) is 14.8. The molecule has 0 amide bonds. The van der Waals surface area contributed by atoms with E-state index >= 15 is 0 Å². The number of hydrogen-bond acceptors (Lipinski definition) is 4. The Balaban J connectivity index is 0.000000184. The maximum absolute atomic E-state index is 11.6. The van der Waals surface area contributed by atoms with Gasteiger partial charge in [-0.05, 0) is 119 Å². The third kappa shape index (κ3) is 9.33. The average molecular weight is 694 g/mol. The second-order valence-electron chi connectivity index (χ2n) is 11.4. The van der Waals surface area contributed by atoms with Crippen molar-refractivity contribution >= 4 is 48.4 Å². The predicted molar refractivity (Wildman–Crippen MR) is 193 cm³/mol. The molecule has 2 aromatic carbocycles. The molecule has 0 bridgehead atoms. The SMILES string of the molecule is C/C(=C1\CC12CC2)c1sccc1C.C=C(C)c1ccc(-c2ccccc2S(N)(=O)=O)cc1.CC.CC(C)c1ccc(Br)cn1. The lowest BCUT2D eigenvalue weighted by atomic mass is 10.0. The zero-order chi connectivity index (χ0) is 32.7. The topological polar surface area (TPSA) is 73.1 Å². The van der Waals surface area contributed by atoms with Gasteiger partial charge in [-0.1, -0.05) is 87.9 Å². The highest BCUT2D eigenvalue weighted by Gasteiger charge is 2.59. The quantitative estimate of drug-likeness (QED) is 0.226. The van der Waals surface area contributed by atoms with Gasteiger partial charge in [-0.2, -0.15) is 0 Å². The molecule has 0 radical (unpaired) electrons. The first-order chi connectivity index (χ1) is 20.8. The van der Waals surface area contributed by atoms with Crippen molar-refractivity contribution in [2.75, 3.05) is 0 Å². The molecule has 2 aliphatic rings. The number of aromatic nitrogens is 1. The van der Waals surface area contributed by atoms with Crippen LogP contribution in [-0.4, -0.2) is 13.4 Å². The molecule has 0 aliphatic heterocycles. The Hall–Kier alpha value is -2.84.